The number of aromatic carboxylic acids is 1. The fraction of sp³-hybridized carbons (Fsp3) is 0. The average molecular weight is 253 g/mol. The lowest BCUT2D eigenvalue weighted by Gasteiger charge is -2.06. The summed E-state index contributed by atoms with van der Waals surface area (Å²) in [4.78, 5) is 22.5. The fourth-order valence-electron chi connectivity index (χ4n) is 1.98. The number of nitrogens with zero attached hydrogens (tertiary/aromatic N) is 4. The monoisotopic (exact) mass is 253 g/mol. The number of nitrogens with two attached hydrogens (primary N) is 1. The lowest BCUT2D eigenvalue weighted by atomic mass is 10.1. The number of carboxylic acid groups (broad SMARTS) is 1. The molecule has 0 aliphatic heterocycles. The lowest BCUT2D eigenvalue weighted by Crippen LogP contribution is -2.01. The number of carbonyl (C=O) groups is 1. The average Bonchev–Trinajstić information content (AvgIpc) is 2.87. The van der Waals surface area contributed by atoms with Crippen LogP contribution >= 0.6 is 0 Å². The van der Waals surface area contributed by atoms with Gasteiger partial charge in [0.2, 0.25) is 5.69 Å². The van der Waals surface area contributed by atoms with Crippen molar-refractivity contribution in [2.45, 2.75) is 0 Å². The Balaban J connectivity index is 2.53. The largest absolute Gasteiger partial charge is 0.479 e. The Hall–Kier alpha value is -3.14. The number of fused-ring (bicyclic) bond motifs is 3. The zero-order valence-electron chi connectivity index (χ0n) is 9.53. The molecule has 0 radical (unpaired) electrons. The first-order chi connectivity index (χ1) is 9.11. The van der Waals surface area contributed by atoms with Crippen LogP contribution in [0.2, 0.25) is 0 Å². The summed E-state index contributed by atoms with van der Waals surface area (Å²) in [5.74, 6) is -0.873. The third-order valence-electron chi connectivity index (χ3n) is 2.85. The molecule has 0 aliphatic rings. The number of imidazole rings is 1. The van der Waals surface area contributed by atoms with Crippen LogP contribution in [-0.2, 0) is 0 Å². The fourth-order valence-corrected chi connectivity index (χ4v) is 1.98. The molecule has 0 fully saturated rings. The van der Waals surface area contributed by atoms with Crippen molar-refractivity contribution in [3.63, 3.8) is 0 Å². The van der Waals surface area contributed by atoms with Gasteiger partial charge in [-0.2, -0.15) is 0 Å². The zero-order chi connectivity index (χ0) is 13.6. The molecule has 0 saturated carbocycles. The molecule has 2 aromatic heterocycles. The van der Waals surface area contributed by atoms with Crippen LogP contribution in [0.25, 0.3) is 21.4 Å². The highest BCUT2D eigenvalue weighted by molar-refractivity contribution is 6.00. The Bertz CT molecular complexity index is 875. The van der Waals surface area contributed by atoms with Crippen LogP contribution in [0.15, 0.2) is 24.7 Å². The first-order valence-electron chi connectivity index (χ1n) is 5.28. The summed E-state index contributed by atoms with van der Waals surface area (Å²) in [7, 11) is 0. The molecular formula is C12H7N5O2. The van der Waals surface area contributed by atoms with Crippen molar-refractivity contribution >= 4 is 34.0 Å². The van der Waals surface area contributed by atoms with Gasteiger partial charge in [-0.1, -0.05) is 0 Å². The Morgan fingerprint density at radius 3 is 2.89 bits per heavy atom. The second-order valence-electron chi connectivity index (χ2n) is 3.92. The van der Waals surface area contributed by atoms with E-state index in [0.29, 0.717) is 16.6 Å². The Kier molecular flexibility index (Phi) is 2.13. The van der Waals surface area contributed by atoms with Crippen molar-refractivity contribution in [1.82, 2.24) is 14.4 Å². The van der Waals surface area contributed by atoms with Gasteiger partial charge in [0.15, 0.2) is 0 Å². The number of nitrogen functional groups attached to an aromatic ring is 1. The summed E-state index contributed by atoms with van der Waals surface area (Å²) in [5.41, 5.74) is 7.36. The smallest absolute Gasteiger partial charge is 0.325 e. The number of carboxylic acids is 1. The standard InChI is InChI=1S/C12H7N5O2/c1-14-7-3-8-9(2-6(7)12(18)19)17-5-15-4-10(17)11(13)16-8/h2-5H,(H2,13,16)(H,18,19). The van der Waals surface area contributed by atoms with Crippen LogP contribution in [-0.4, -0.2) is 25.4 Å². The van der Waals surface area contributed by atoms with Crippen LogP contribution in [0.1, 0.15) is 10.4 Å². The number of anilines is 1. The second kappa shape index (κ2) is 3.68. The van der Waals surface area contributed by atoms with Crippen molar-refractivity contribution in [2.75, 3.05) is 5.73 Å². The van der Waals surface area contributed by atoms with Crippen molar-refractivity contribution < 1.29 is 9.90 Å². The van der Waals surface area contributed by atoms with Crippen LogP contribution in [0.5, 0.6) is 0 Å². The first kappa shape index (κ1) is 11.0. The molecule has 3 rings (SSSR count). The number of benzene rings is 1. The maximum absolute atomic E-state index is 11.2. The molecule has 7 nitrogen and oxygen atoms in total. The van der Waals surface area contributed by atoms with Gasteiger partial charge in [0, 0.05) is 0 Å². The van der Waals surface area contributed by atoms with Crippen molar-refractivity contribution in [1.29, 1.82) is 0 Å². The molecule has 0 aliphatic carbocycles. The zero-order valence-corrected chi connectivity index (χ0v) is 9.53. The molecule has 0 unspecified atom stereocenters. The van der Waals surface area contributed by atoms with Gasteiger partial charge in [0.1, 0.15) is 11.3 Å². The molecule has 1 aromatic carbocycles. The SMILES string of the molecule is [C-]#[N+]c1cc2nc(N)c3cncn3c2cc1C(=O)O. The van der Waals surface area contributed by atoms with Crippen LogP contribution in [0.4, 0.5) is 11.5 Å². The maximum atomic E-state index is 11.2. The van der Waals surface area contributed by atoms with E-state index in [9.17, 15) is 4.79 Å². The van der Waals surface area contributed by atoms with Crippen molar-refractivity contribution in [3.05, 3.63) is 41.6 Å². The summed E-state index contributed by atoms with van der Waals surface area (Å²) < 4.78 is 1.65. The first-order valence-corrected chi connectivity index (χ1v) is 5.28. The Morgan fingerprint density at radius 1 is 1.42 bits per heavy atom. The summed E-state index contributed by atoms with van der Waals surface area (Å²) in [5, 5.41) is 9.12. The third-order valence-corrected chi connectivity index (χ3v) is 2.85. The summed E-state index contributed by atoms with van der Waals surface area (Å²) in [6.45, 7) is 7.02. The minimum absolute atomic E-state index is 0.0337. The molecule has 0 bridgehead atoms. The Labute approximate surface area is 106 Å². The van der Waals surface area contributed by atoms with Gasteiger partial charge < -0.3 is 10.8 Å². The van der Waals surface area contributed by atoms with E-state index in [1.807, 2.05) is 0 Å². The van der Waals surface area contributed by atoms with Crippen molar-refractivity contribution in [3.8, 4) is 0 Å². The van der Waals surface area contributed by atoms with E-state index in [4.69, 9.17) is 17.4 Å². The van der Waals surface area contributed by atoms with Gasteiger partial charge in [-0.05, 0) is 12.1 Å². The number of hydrogen-bond donors (Lipinski definition) is 2. The minimum Gasteiger partial charge on any atom is -0.479 e. The lowest BCUT2D eigenvalue weighted by molar-refractivity contribution is 0.0698. The van der Waals surface area contributed by atoms with Crippen LogP contribution in [0.3, 0.4) is 0 Å². The normalized spacial score (nSPS) is 10.7. The topological polar surface area (TPSA) is 97.9 Å². The molecule has 0 saturated heterocycles. The number of hydrogen-bond acceptors (Lipinski definition) is 4. The molecule has 0 atom stereocenters. The highest BCUT2D eigenvalue weighted by Gasteiger charge is 2.15. The van der Waals surface area contributed by atoms with Gasteiger partial charge in [-0.15, -0.1) is 0 Å². The van der Waals surface area contributed by atoms with Crippen LogP contribution in [0, 0.1) is 6.57 Å². The molecule has 3 aromatic rings. The molecule has 7 heteroatoms. The third kappa shape index (κ3) is 1.47. The number of rotatable bonds is 1. The molecule has 0 spiro atoms. The van der Waals surface area contributed by atoms with Crippen LogP contribution < -0.4 is 5.73 Å². The van der Waals surface area contributed by atoms with Crippen molar-refractivity contribution in [2.24, 2.45) is 0 Å². The van der Waals surface area contributed by atoms with E-state index in [1.165, 1.54) is 18.5 Å². The quantitative estimate of drug-likeness (QED) is 0.643. The summed E-state index contributed by atoms with van der Waals surface area (Å²) in [6, 6.07) is 2.83. The highest BCUT2D eigenvalue weighted by Crippen LogP contribution is 2.27. The predicted octanol–water partition coefficient (Wildman–Crippen LogP) is 1.71. The van der Waals surface area contributed by atoms with E-state index in [1.54, 1.807) is 10.6 Å². The minimum atomic E-state index is -1.15. The molecule has 3 N–H and O–H groups in total. The van der Waals surface area contributed by atoms with E-state index < -0.39 is 5.97 Å². The summed E-state index contributed by atoms with van der Waals surface area (Å²) in [6.07, 6.45) is 3.07. The molecule has 2 heterocycles. The maximum Gasteiger partial charge on any atom is 0.325 e. The molecular weight excluding hydrogens is 246 g/mol. The van der Waals surface area contributed by atoms with E-state index in [0.717, 1.165) is 0 Å². The van der Waals surface area contributed by atoms with Gasteiger partial charge in [-0.3, -0.25) is 4.40 Å². The summed E-state index contributed by atoms with van der Waals surface area (Å²) >= 11 is 0. The molecule has 0 amide bonds. The molecule has 19 heavy (non-hydrogen) atoms. The van der Waals surface area contributed by atoms with Gasteiger partial charge in [-0.25, -0.2) is 19.6 Å². The van der Waals surface area contributed by atoms with E-state index in [-0.39, 0.29) is 17.1 Å². The number of aromatic nitrogens is 3. The van der Waals surface area contributed by atoms with Gasteiger partial charge in [0.25, 0.3) is 0 Å². The highest BCUT2D eigenvalue weighted by atomic mass is 16.4. The van der Waals surface area contributed by atoms with E-state index >= 15 is 0 Å². The van der Waals surface area contributed by atoms with E-state index in [2.05, 4.69) is 14.8 Å². The van der Waals surface area contributed by atoms with Gasteiger partial charge in [0.05, 0.1) is 35.7 Å². The predicted molar refractivity (Wildman–Crippen MR) is 68.1 cm³/mol. The second-order valence-corrected chi connectivity index (χ2v) is 3.92. The van der Waals surface area contributed by atoms with Gasteiger partial charge >= 0.3 is 5.97 Å². The molecule has 92 valence electrons. The Morgan fingerprint density at radius 2 is 2.21 bits per heavy atom.